The molecule has 0 aliphatic carbocycles. The maximum atomic E-state index is 6.22. The van der Waals surface area contributed by atoms with E-state index in [9.17, 15) is 0 Å². The highest BCUT2D eigenvalue weighted by Gasteiger charge is 2.14. The van der Waals surface area contributed by atoms with Crippen molar-refractivity contribution in [1.29, 1.82) is 0 Å². The first-order chi connectivity index (χ1) is 12.7. The van der Waals surface area contributed by atoms with Gasteiger partial charge in [-0.05, 0) is 12.1 Å². The van der Waals surface area contributed by atoms with Crippen molar-refractivity contribution in [2.45, 2.75) is 0 Å². The summed E-state index contributed by atoms with van der Waals surface area (Å²) in [4.78, 5) is 12.8. The van der Waals surface area contributed by atoms with Crippen LogP contribution < -0.4 is 19.5 Å². The Morgan fingerprint density at radius 2 is 1.62 bits per heavy atom. The quantitative estimate of drug-likeness (QED) is 0.701. The van der Waals surface area contributed by atoms with Crippen LogP contribution in [0.2, 0.25) is 5.02 Å². The first-order valence-electron chi connectivity index (χ1n) is 7.67. The van der Waals surface area contributed by atoms with E-state index in [2.05, 4.69) is 20.3 Å². The number of nitrogens with zero attached hydrogens (tertiary/aromatic N) is 3. The van der Waals surface area contributed by atoms with E-state index >= 15 is 0 Å². The minimum atomic E-state index is 0.365. The lowest BCUT2D eigenvalue weighted by Gasteiger charge is -2.14. The Labute approximate surface area is 155 Å². The van der Waals surface area contributed by atoms with Crippen LogP contribution >= 0.6 is 11.6 Å². The monoisotopic (exact) mass is 372 g/mol. The molecule has 0 atom stereocenters. The number of benzene rings is 2. The fourth-order valence-corrected chi connectivity index (χ4v) is 2.63. The van der Waals surface area contributed by atoms with Crippen LogP contribution in [0.1, 0.15) is 0 Å². The smallest absolute Gasteiger partial charge is 0.230 e. The van der Waals surface area contributed by atoms with Crippen LogP contribution in [0.25, 0.3) is 11.4 Å². The van der Waals surface area contributed by atoms with Gasteiger partial charge in [0.05, 0.1) is 26.4 Å². The third-order valence-corrected chi connectivity index (χ3v) is 3.94. The number of rotatable bonds is 6. The lowest BCUT2D eigenvalue weighted by atomic mass is 10.2. The topological polar surface area (TPSA) is 78.4 Å². The van der Waals surface area contributed by atoms with Crippen molar-refractivity contribution in [3.8, 4) is 28.6 Å². The van der Waals surface area contributed by atoms with Gasteiger partial charge in [-0.1, -0.05) is 23.7 Å². The average Bonchev–Trinajstić information content (AvgIpc) is 2.67. The fraction of sp³-hybridized carbons (Fsp3) is 0.167. The van der Waals surface area contributed by atoms with Crippen LogP contribution in [-0.2, 0) is 0 Å². The summed E-state index contributed by atoms with van der Waals surface area (Å²) in [5.41, 5.74) is 1.40. The second kappa shape index (κ2) is 7.88. The van der Waals surface area contributed by atoms with Crippen molar-refractivity contribution < 1.29 is 14.2 Å². The number of aromatic nitrogens is 3. The molecule has 1 aromatic heterocycles. The molecule has 1 N–H and O–H groups in total. The Kier molecular flexibility index (Phi) is 5.38. The van der Waals surface area contributed by atoms with Gasteiger partial charge >= 0.3 is 0 Å². The Bertz CT molecular complexity index is 895. The Morgan fingerprint density at radius 1 is 0.923 bits per heavy atom. The summed E-state index contributed by atoms with van der Waals surface area (Å²) in [6.45, 7) is 0. The lowest BCUT2D eigenvalue weighted by molar-refractivity contribution is 0.324. The predicted molar refractivity (Wildman–Crippen MR) is 99.7 cm³/mol. The second-order valence-electron chi connectivity index (χ2n) is 5.15. The SMILES string of the molecule is COc1cc(Nc2ncnc(-c3ccccc3Cl)n2)cc(OC)c1OC. The molecule has 3 aromatic rings. The highest BCUT2D eigenvalue weighted by molar-refractivity contribution is 6.33. The Balaban J connectivity index is 1.95. The molecule has 7 nitrogen and oxygen atoms in total. The lowest BCUT2D eigenvalue weighted by Crippen LogP contribution is -2.02. The third-order valence-electron chi connectivity index (χ3n) is 3.61. The molecule has 0 fully saturated rings. The van der Waals surface area contributed by atoms with Crippen molar-refractivity contribution in [3.05, 3.63) is 47.7 Å². The molecule has 0 bridgehead atoms. The zero-order valence-corrected chi connectivity index (χ0v) is 15.2. The van der Waals surface area contributed by atoms with Gasteiger partial charge in [-0.15, -0.1) is 0 Å². The molecule has 3 rings (SSSR count). The first kappa shape index (κ1) is 17.8. The van der Waals surface area contributed by atoms with Crippen LogP contribution in [0.15, 0.2) is 42.7 Å². The zero-order valence-electron chi connectivity index (χ0n) is 14.5. The molecular formula is C18H17ClN4O3. The van der Waals surface area contributed by atoms with E-state index < -0.39 is 0 Å². The summed E-state index contributed by atoms with van der Waals surface area (Å²) in [7, 11) is 4.66. The molecular weight excluding hydrogens is 356 g/mol. The highest BCUT2D eigenvalue weighted by Crippen LogP contribution is 2.40. The van der Waals surface area contributed by atoms with Gasteiger partial charge in [-0.25, -0.2) is 9.97 Å². The number of nitrogens with one attached hydrogen (secondary N) is 1. The van der Waals surface area contributed by atoms with Crippen molar-refractivity contribution >= 4 is 23.2 Å². The average molecular weight is 373 g/mol. The van der Waals surface area contributed by atoms with Crippen molar-refractivity contribution in [2.75, 3.05) is 26.6 Å². The summed E-state index contributed by atoms with van der Waals surface area (Å²) in [6.07, 6.45) is 1.42. The fourth-order valence-electron chi connectivity index (χ4n) is 2.41. The Morgan fingerprint density at radius 3 is 2.23 bits per heavy atom. The number of hydrogen-bond acceptors (Lipinski definition) is 7. The molecule has 0 aliphatic rings. The second-order valence-corrected chi connectivity index (χ2v) is 5.56. The van der Waals surface area contributed by atoms with Crippen molar-refractivity contribution in [1.82, 2.24) is 15.0 Å². The summed E-state index contributed by atoms with van der Waals surface area (Å²) < 4.78 is 16.0. The zero-order chi connectivity index (χ0) is 18.5. The highest BCUT2D eigenvalue weighted by atomic mass is 35.5. The summed E-state index contributed by atoms with van der Waals surface area (Å²) >= 11 is 6.22. The van der Waals surface area contributed by atoms with Crippen LogP contribution in [0.3, 0.4) is 0 Å². The molecule has 0 aliphatic heterocycles. The van der Waals surface area contributed by atoms with Gasteiger partial charge in [0.15, 0.2) is 17.3 Å². The van der Waals surface area contributed by atoms with E-state index in [0.29, 0.717) is 39.7 Å². The largest absolute Gasteiger partial charge is 0.493 e. The molecule has 134 valence electrons. The van der Waals surface area contributed by atoms with Crippen LogP contribution in [0, 0.1) is 0 Å². The maximum Gasteiger partial charge on any atom is 0.230 e. The third kappa shape index (κ3) is 3.62. The number of hydrogen-bond donors (Lipinski definition) is 1. The first-order valence-corrected chi connectivity index (χ1v) is 8.05. The van der Waals surface area contributed by atoms with Gasteiger partial charge < -0.3 is 19.5 Å². The summed E-state index contributed by atoms with van der Waals surface area (Å²) in [5.74, 6) is 2.39. The van der Waals surface area contributed by atoms with E-state index in [4.69, 9.17) is 25.8 Å². The molecule has 0 unspecified atom stereocenters. The standard InChI is InChI=1S/C18H17ClN4O3/c1-24-14-8-11(9-15(25-2)16(14)26-3)22-18-21-10-20-17(23-18)12-6-4-5-7-13(12)19/h4-10H,1-3H3,(H,20,21,22,23). The van der Waals surface area contributed by atoms with Gasteiger partial charge in [-0.2, -0.15) is 4.98 Å². The van der Waals surface area contributed by atoms with E-state index in [1.807, 2.05) is 18.2 Å². The molecule has 0 spiro atoms. The van der Waals surface area contributed by atoms with Crippen molar-refractivity contribution in [3.63, 3.8) is 0 Å². The molecule has 8 heteroatoms. The number of anilines is 2. The van der Waals surface area contributed by atoms with E-state index in [1.54, 1.807) is 39.5 Å². The molecule has 1 heterocycles. The maximum absolute atomic E-state index is 6.22. The van der Waals surface area contributed by atoms with Gasteiger partial charge in [0, 0.05) is 23.4 Å². The van der Waals surface area contributed by atoms with Crippen molar-refractivity contribution in [2.24, 2.45) is 0 Å². The molecule has 0 amide bonds. The predicted octanol–water partition coefficient (Wildman–Crippen LogP) is 3.96. The minimum Gasteiger partial charge on any atom is -0.493 e. The Hall–Kier alpha value is -3.06. The molecule has 0 saturated carbocycles. The van der Waals surface area contributed by atoms with Gasteiger partial charge in [0.1, 0.15) is 6.33 Å². The van der Waals surface area contributed by atoms with E-state index in [0.717, 1.165) is 5.56 Å². The van der Waals surface area contributed by atoms with E-state index in [1.165, 1.54) is 6.33 Å². The minimum absolute atomic E-state index is 0.365. The van der Waals surface area contributed by atoms with E-state index in [-0.39, 0.29) is 0 Å². The summed E-state index contributed by atoms with van der Waals surface area (Å²) in [6, 6.07) is 10.9. The number of ether oxygens (including phenoxy) is 3. The molecule has 0 saturated heterocycles. The van der Waals surface area contributed by atoms with Gasteiger partial charge in [0.25, 0.3) is 0 Å². The normalized spacial score (nSPS) is 10.3. The molecule has 26 heavy (non-hydrogen) atoms. The van der Waals surface area contributed by atoms with Crippen LogP contribution in [-0.4, -0.2) is 36.3 Å². The van der Waals surface area contributed by atoms with Gasteiger partial charge in [0.2, 0.25) is 11.7 Å². The number of methoxy groups -OCH3 is 3. The molecule has 0 radical (unpaired) electrons. The van der Waals surface area contributed by atoms with Gasteiger partial charge in [-0.3, -0.25) is 0 Å². The summed E-state index contributed by atoms with van der Waals surface area (Å²) in [5, 5.41) is 3.68. The molecule has 2 aromatic carbocycles. The number of halogens is 1. The van der Waals surface area contributed by atoms with Crippen LogP contribution in [0.5, 0.6) is 17.2 Å². The van der Waals surface area contributed by atoms with Crippen LogP contribution in [0.4, 0.5) is 11.6 Å².